The number of methoxy groups -OCH3 is 1. The zero-order valence-electron chi connectivity index (χ0n) is 14.2. The number of hydrogen-bond donors (Lipinski definition) is 1. The maximum absolute atomic E-state index is 11.3. The number of hydrogen-bond acceptors (Lipinski definition) is 3. The zero-order chi connectivity index (χ0) is 18.1. The Morgan fingerprint density at radius 1 is 1.15 bits per heavy atom. The van der Waals surface area contributed by atoms with Crippen LogP contribution in [0.15, 0.2) is 65.4 Å². The SMILES string of the molecule is COc1ccc2c(c1)cc(-c1ccsc1)n2Cc1cccc(C(=O)O)c1. The predicted octanol–water partition coefficient (Wildman–Crippen LogP) is 5.12. The van der Waals surface area contributed by atoms with Gasteiger partial charge >= 0.3 is 5.97 Å². The van der Waals surface area contributed by atoms with Crippen LogP contribution in [0.3, 0.4) is 0 Å². The van der Waals surface area contributed by atoms with Crippen molar-refractivity contribution in [3.63, 3.8) is 0 Å². The lowest BCUT2D eigenvalue weighted by Gasteiger charge is -2.11. The van der Waals surface area contributed by atoms with E-state index in [1.807, 2.05) is 24.3 Å². The fourth-order valence-electron chi connectivity index (χ4n) is 3.18. The summed E-state index contributed by atoms with van der Waals surface area (Å²) >= 11 is 1.66. The number of benzene rings is 2. The fourth-order valence-corrected chi connectivity index (χ4v) is 3.83. The van der Waals surface area contributed by atoms with E-state index >= 15 is 0 Å². The van der Waals surface area contributed by atoms with Gasteiger partial charge in [0.2, 0.25) is 0 Å². The standard InChI is InChI=1S/C21H17NO3S/c1-25-18-5-6-19-17(10-18)11-20(16-7-8-26-13-16)22(19)12-14-3-2-4-15(9-14)21(23)24/h2-11,13H,12H2,1H3,(H,23,24). The summed E-state index contributed by atoms with van der Waals surface area (Å²) in [5, 5.41) is 14.5. The first kappa shape index (κ1) is 16.4. The number of nitrogens with zero attached hydrogens (tertiary/aromatic N) is 1. The molecule has 0 atom stereocenters. The first-order chi connectivity index (χ1) is 12.7. The lowest BCUT2D eigenvalue weighted by atomic mass is 10.1. The third-order valence-corrected chi connectivity index (χ3v) is 5.12. The number of fused-ring (bicyclic) bond motifs is 1. The molecule has 0 aliphatic heterocycles. The molecular weight excluding hydrogens is 346 g/mol. The maximum Gasteiger partial charge on any atom is 0.335 e. The van der Waals surface area contributed by atoms with Crippen molar-refractivity contribution >= 4 is 28.2 Å². The van der Waals surface area contributed by atoms with Gasteiger partial charge in [0.25, 0.3) is 0 Å². The van der Waals surface area contributed by atoms with Crippen LogP contribution in [0.4, 0.5) is 0 Å². The Morgan fingerprint density at radius 2 is 2.04 bits per heavy atom. The van der Waals surface area contributed by atoms with E-state index in [4.69, 9.17) is 4.74 Å². The summed E-state index contributed by atoms with van der Waals surface area (Å²) in [4.78, 5) is 11.3. The number of rotatable bonds is 5. The molecule has 2 heterocycles. The van der Waals surface area contributed by atoms with E-state index in [1.165, 1.54) is 0 Å². The first-order valence-corrected chi connectivity index (χ1v) is 9.12. The van der Waals surface area contributed by atoms with E-state index in [1.54, 1.807) is 36.6 Å². The van der Waals surface area contributed by atoms with Gasteiger partial charge in [0.15, 0.2) is 0 Å². The third kappa shape index (κ3) is 2.97. The van der Waals surface area contributed by atoms with E-state index in [9.17, 15) is 9.90 Å². The molecule has 0 unspecified atom stereocenters. The summed E-state index contributed by atoms with van der Waals surface area (Å²) in [6, 6.07) is 17.4. The fraction of sp³-hybridized carbons (Fsp3) is 0.0952. The highest BCUT2D eigenvalue weighted by atomic mass is 32.1. The van der Waals surface area contributed by atoms with Crippen molar-refractivity contribution in [1.29, 1.82) is 0 Å². The zero-order valence-corrected chi connectivity index (χ0v) is 15.0. The van der Waals surface area contributed by atoms with E-state index in [0.29, 0.717) is 12.1 Å². The Kier molecular flexibility index (Phi) is 4.22. The predicted molar refractivity (Wildman–Crippen MR) is 104 cm³/mol. The van der Waals surface area contributed by atoms with Crippen LogP contribution in [0.5, 0.6) is 5.75 Å². The van der Waals surface area contributed by atoms with Crippen molar-refractivity contribution in [2.24, 2.45) is 0 Å². The second-order valence-electron chi connectivity index (χ2n) is 6.06. The molecule has 0 amide bonds. The molecule has 4 aromatic rings. The van der Waals surface area contributed by atoms with Crippen LogP contribution < -0.4 is 4.74 Å². The lowest BCUT2D eigenvalue weighted by molar-refractivity contribution is 0.0696. The van der Waals surface area contributed by atoms with Gasteiger partial charge < -0.3 is 14.4 Å². The molecule has 0 saturated carbocycles. The summed E-state index contributed by atoms with van der Waals surface area (Å²) in [6.45, 7) is 0.599. The van der Waals surface area contributed by atoms with Crippen LogP contribution in [0.25, 0.3) is 22.2 Å². The lowest BCUT2D eigenvalue weighted by Crippen LogP contribution is -2.03. The molecular formula is C21H17NO3S. The van der Waals surface area contributed by atoms with Gasteiger partial charge in [-0.25, -0.2) is 4.79 Å². The van der Waals surface area contributed by atoms with Gasteiger partial charge in [-0.15, -0.1) is 0 Å². The first-order valence-electron chi connectivity index (χ1n) is 8.18. The monoisotopic (exact) mass is 363 g/mol. The number of carboxylic acids is 1. The van der Waals surface area contributed by atoms with Crippen LogP contribution >= 0.6 is 11.3 Å². The van der Waals surface area contributed by atoms with E-state index < -0.39 is 5.97 Å². The highest BCUT2D eigenvalue weighted by molar-refractivity contribution is 7.08. The van der Waals surface area contributed by atoms with Crippen molar-refractivity contribution in [3.05, 3.63) is 76.5 Å². The molecule has 130 valence electrons. The highest BCUT2D eigenvalue weighted by Gasteiger charge is 2.13. The van der Waals surface area contributed by atoms with Gasteiger partial charge in [-0.05, 0) is 53.4 Å². The van der Waals surface area contributed by atoms with Crippen molar-refractivity contribution in [2.75, 3.05) is 7.11 Å². The van der Waals surface area contributed by atoms with Gasteiger partial charge in [-0.3, -0.25) is 0 Å². The third-order valence-electron chi connectivity index (χ3n) is 4.44. The minimum absolute atomic E-state index is 0.303. The van der Waals surface area contributed by atoms with Crippen molar-refractivity contribution < 1.29 is 14.6 Å². The molecule has 0 aliphatic rings. The average Bonchev–Trinajstić information content (AvgIpc) is 3.29. The van der Waals surface area contributed by atoms with Crippen LogP contribution in [0, 0.1) is 0 Å². The van der Waals surface area contributed by atoms with Crippen molar-refractivity contribution in [1.82, 2.24) is 4.57 Å². The van der Waals surface area contributed by atoms with Gasteiger partial charge in [-0.1, -0.05) is 12.1 Å². The van der Waals surface area contributed by atoms with Gasteiger partial charge in [0, 0.05) is 28.4 Å². The minimum Gasteiger partial charge on any atom is -0.497 e. The Labute approximate surface area is 154 Å². The second kappa shape index (κ2) is 6.69. The van der Waals surface area contributed by atoms with Crippen LogP contribution in [0.1, 0.15) is 15.9 Å². The number of carbonyl (C=O) groups is 1. The molecule has 26 heavy (non-hydrogen) atoms. The van der Waals surface area contributed by atoms with E-state index in [0.717, 1.165) is 33.5 Å². The minimum atomic E-state index is -0.910. The van der Waals surface area contributed by atoms with Crippen LogP contribution in [-0.2, 0) is 6.54 Å². The topological polar surface area (TPSA) is 51.5 Å². The summed E-state index contributed by atoms with van der Waals surface area (Å²) in [7, 11) is 1.66. The van der Waals surface area contributed by atoms with Gasteiger partial charge in [0.05, 0.1) is 18.4 Å². The molecule has 2 aromatic carbocycles. The van der Waals surface area contributed by atoms with E-state index in [2.05, 4.69) is 27.5 Å². The molecule has 0 fully saturated rings. The number of carboxylic acid groups (broad SMARTS) is 1. The second-order valence-corrected chi connectivity index (χ2v) is 6.84. The van der Waals surface area contributed by atoms with E-state index in [-0.39, 0.29) is 0 Å². The smallest absolute Gasteiger partial charge is 0.335 e. The number of ether oxygens (including phenoxy) is 1. The largest absolute Gasteiger partial charge is 0.497 e. The number of aromatic carboxylic acids is 1. The van der Waals surface area contributed by atoms with Crippen LogP contribution in [0.2, 0.25) is 0 Å². The molecule has 0 bridgehead atoms. The Balaban J connectivity index is 1.86. The maximum atomic E-state index is 11.3. The van der Waals surface area contributed by atoms with Crippen molar-refractivity contribution in [3.8, 4) is 17.0 Å². The summed E-state index contributed by atoms with van der Waals surface area (Å²) in [5.41, 5.74) is 4.61. The molecule has 4 rings (SSSR count). The number of aromatic nitrogens is 1. The number of thiophene rings is 1. The highest BCUT2D eigenvalue weighted by Crippen LogP contribution is 2.32. The quantitative estimate of drug-likeness (QED) is 0.535. The molecule has 0 spiro atoms. The Hall–Kier alpha value is -3.05. The van der Waals surface area contributed by atoms with Gasteiger partial charge in [-0.2, -0.15) is 11.3 Å². The molecule has 0 radical (unpaired) electrons. The molecule has 2 aromatic heterocycles. The van der Waals surface area contributed by atoms with Crippen molar-refractivity contribution in [2.45, 2.75) is 6.54 Å². The Bertz CT molecular complexity index is 1080. The average molecular weight is 363 g/mol. The molecule has 1 N–H and O–H groups in total. The summed E-state index contributed by atoms with van der Waals surface area (Å²) in [6.07, 6.45) is 0. The summed E-state index contributed by atoms with van der Waals surface area (Å²) < 4.78 is 7.57. The summed E-state index contributed by atoms with van der Waals surface area (Å²) in [5.74, 6) is -0.0913. The molecule has 5 heteroatoms. The molecule has 4 nitrogen and oxygen atoms in total. The Morgan fingerprint density at radius 3 is 2.77 bits per heavy atom. The molecule has 0 aliphatic carbocycles. The van der Waals surface area contributed by atoms with Gasteiger partial charge in [0.1, 0.15) is 5.75 Å². The van der Waals surface area contributed by atoms with Crippen LogP contribution in [-0.4, -0.2) is 22.8 Å². The normalized spacial score (nSPS) is 11.0. The molecule has 0 saturated heterocycles.